The number of aryl methyl sites for hydroxylation is 1. The fraction of sp³-hybridized carbons (Fsp3) is 0.409. The van der Waals surface area contributed by atoms with Gasteiger partial charge in [-0.1, -0.05) is 37.3 Å². The number of hydrogen-bond acceptors (Lipinski definition) is 4. The summed E-state index contributed by atoms with van der Waals surface area (Å²) in [5.41, 5.74) is 1.24. The van der Waals surface area contributed by atoms with E-state index >= 15 is 0 Å². The summed E-state index contributed by atoms with van der Waals surface area (Å²) >= 11 is 1.46. The first-order valence-corrected chi connectivity index (χ1v) is 10.8. The van der Waals surface area contributed by atoms with Crippen LogP contribution in [0.4, 0.5) is 0 Å². The van der Waals surface area contributed by atoms with Gasteiger partial charge in [0.25, 0.3) is 5.56 Å². The molecule has 1 aliphatic rings. The minimum absolute atomic E-state index is 0.0623. The van der Waals surface area contributed by atoms with Crippen molar-refractivity contribution in [3.8, 4) is 0 Å². The van der Waals surface area contributed by atoms with Crippen molar-refractivity contribution in [2.45, 2.75) is 51.1 Å². The fourth-order valence-corrected chi connectivity index (χ4v) is 5.09. The Kier molecular flexibility index (Phi) is 5.57. The number of nitrogens with zero attached hydrogens (tertiary/aromatic N) is 3. The maximum absolute atomic E-state index is 13.0. The third kappa shape index (κ3) is 3.61. The lowest BCUT2D eigenvalue weighted by Crippen LogP contribution is -2.39. The molecule has 0 radical (unpaired) electrons. The topological polar surface area (TPSA) is 55.2 Å². The molecule has 0 spiro atoms. The molecule has 1 fully saturated rings. The van der Waals surface area contributed by atoms with Crippen molar-refractivity contribution in [2.75, 3.05) is 6.54 Å². The van der Waals surface area contributed by atoms with E-state index in [1.165, 1.54) is 16.9 Å². The molecular formula is C22H25N3O2S. The number of benzene rings is 1. The van der Waals surface area contributed by atoms with E-state index in [1.54, 1.807) is 17.0 Å². The van der Waals surface area contributed by atoms with E-state index in [1.807, 2.05) is 16.3 Å². The van der Waals surface area contributed by atoms with Crippen molar-refractivity contribution >= 4 is 27.5 Å². The van der Waals surface area contributed by atoms with Crippen LogP contribution in [0.25, 0.3) is 10.2 Å². The van der Waals surface area contributed by atoms with Gasteiger partial charge in [0.2, 0.25) is 5.91 Å². The zero-order valence-electron chi connectivity index (χ0n) is 16.1. The van der Waals surface area contributed by atoms with Crippen molar-refractivity contribution in [1.29, 1.82) is 0 Å². The van der Waals surface area contributed by atoms with Crippen LogP contribution in [0.1, 0.15) is 44.1 Å². The van der Waals surface area contributed by atoms with Gasteiger partial charge in [0.1, 0.15) is 4.83 Å². The van der Waals surface area contributed by atoms with Crippen LogP contribution < -0.4 is 5.56 Å². The monoisotopic (exact) mass is 395 g/mol. The maximum atomic E-state index is 13.0. The lowest BCUT2D eigenvalue weighted by molar-refractivity contribution is -0.132. The summed E-state index contributed by atoms with van der Waals surface area (Å²) in [4.78, 5) is 32.7. The van der Waals surface area contributed by atoms with Crippen LogP contribution in [-0.2, 0) is 11.3 Å². The average Bonchev–Trinajstić information content (AvgIpc) is 3.39. The highest BCUT2D eigenvalue weighted by Gasteiger charge is 2.34. The fourth-order valence-electron chi connectivity index (χ4n) is 4.36. The highest BCUT2D eigenvalue weighted by atomic mass is 32.1. The summed E-state index contributed by atoms with van der Waals surface area (Å²) in [7, 11) is 0. The Morgan fingerprint density at radius 1 is 1.29 bits per heavy atom. The first-order valence-electron chi connectivity index (χ1n) is 9.96. The molecule has 0 aliphatic carbocycles. The van der Waals surface area contributed by atoms with Gasteiger partial charge in [0, 0.05) is 31.5 Å². The molecular weight excluding hydrogens is 370 g/mol. The predicted octanol–water partition coefficient (Wildman–Crippen LogP) is 4.03. The van der Waals surface area contributed by atoms with Crippen LogP contribution in [0.3, 0.4) is 0 Å². The van der Waals surface area contributed by atoms with Crippen molar-refractivity contribution in [3.63, 3.8) is 0 Å². The molecule has 0 saturated carbocycles. The number of hydrogen-bond donors (Lipinski definition) is 0. The largest absolute Gasteiger partial charge is 0.339 e. The minimum atomic E-state index is -0.0623. The van der Waals surface area contributed by atoms with E-state index < -0.39 is 0 Å². The van der Waals surface area contributed by atoms with Crippen LogP contribution >= 0.6 is 11.3 Å². The number of amides is 1. The number of carbonyl (C=O) groups excluding carboxylic acids is 1. The second kappa shape index (κ2) is 8.27. The Bertz CT molecular complexity index is 1010. The molecule has 6 heteroatoms. The van der Waals surface area contributed by atoms with E-state index in [0.29, 0.717) is 24.3 Å². The standard InChI is InChI=1S/C22H25N3O2S/c1-2-17(16-7-4-3-5-8-16)19-9-6-12-25(19)20(26)10-13-24-15-23-21-18(22(24)27)11-14-28-21/h3-5,7-8,11,14-15,17,19H,2,6,9-10,12-13H2,1H3/t17-,19-/m1/s1. The average molecular weight is 396 g/mol. The van der Waals surface area contributed by atoms with Crippen LogP contribution in [0.5, 0.6) is 0 Å². The van der Waals surface area contributed by atoms with Gasteiger partial charge in [-0.05, 0) is 36.3 Å². The summed E-state index contributed by atoms with van der Waals surface area (Å²) in [6.45, 7) is 3.38. The van der Waals surface area contributed by atoms with Crippen LogP contribution in [0.15, 0.2) is 52.9 Å². The number of carbonyl (C=O) groups is 1. The molecule has 1 aliphatic heterocycles. The van der Waals surface area contributed by atoms with Gasteiger partial charge in [0.15, 0.2) is 0 Å². The molecule has 2 atom stereocenters. The Morgan fingerprint density at radius 3 is 2.89 bits per heavy atom. The van der Waals surface area contributed by atoms with E-state index in [2.05, 4.69) is 36.2 Å². The summed E-state index contributed by atoms with van der Waals surface area (Å²) in [6, 6.07) is 12.5. The quantitative estimate of drug-likeness (QED) is 0.633. The SMILES string of the molecule is CC[C@H](c1ccccc1)[C@H]1CCCN1C(=O)CCn1cnc2sccc2c1=O. The predicted molar refractivity (Wildman–Crippen MR) is 113 cm³/mol. The molecule has 146 valence electrons. The number of aromatic nitrogens is 2. The highest BCUT2D eigenvalue weighted by Crippen LogP contribution is 2.33. The molecule has 2 aromatic heterocycles. The lowest BCUT2D eigenvalue weighted by Gasteiger charge is -2.32. The second-order valence-corrected chi connectivity index (χ2v) is 8.25. The minimum Gasteiger partial charge on any atom is -0.339 e. The third-order valence-electron chi connectivity index (χ3n) is 5.77. The molecule has 28 heavy (non-hydrogen) atoms. The normalized spacial score (nSPS) is 17.9. The molecule has 1 aromatic carbocycles. The summed E-state index contributed by atoms with van der Waals surface area (Å²) in [5.74, 6) is 0.494. The zero-order chi connectivity index (χ0) is 19.5. The van der Waals surface area contributed by atoms with E-state index in [4.69, 9.17) is 0 Å². The number of thiophene rings is 1. The molecule has 5 nitrogen and oxygen atoms in total. The molecule has 1 amide bonds. The second-order valence-electron chi connectivity index (χ2n) is 7.35. The first-order chi connectivity index (χ1) is 13.7. The molecule has 0 unspecified atom stereocenters. The van der Waals surface area contributed by atoms with Crippen molar-refractivity contribution in [1.82, 2.24) is 14.5 Å². The van der Waals surface area contributed by atoms with Crippen LogP contribution in [0, 0.1) is 0 Å². The molecule has 0 bridgehead atoms. The molecule has 1 saturated heterocycles. The number of likely N-dealkylation sites (tertiary alicyclic amines) is 1. The van der Waals surface area contributed by atoms with Gasteiger partial charge in [-0.3, -0.25) is 14.2 Å². The summed E-state index contributed by atoms with van der Waals surface area (Å²) in [6.07, 6.45) is 4.99. The number of rotatable bonds is 6. The van der Waals surface area contributed by atoms with Crippen molar-refractivity contribution in [3.05, 3.63) is 64.0 Å². The van der Waals surface area contributed by atoms with Gasteiger partial charge in [0.05, 0.1) is 11.7 Å². The lowest BCUT2D eigenvalue weighted by atomic mass is 9.87. The Balaban J connectivity index is 1.47. The first kappa shape index (κ1) is 18.9. The highest BCUT2D eigenvalue weighted by molar-refractivity contribution is 7.16. The zero-order valence-corrected chi connectivity index (χ0v) is 16.9. The smallest absolute Gasteiger partial charge is 0.262 e. The molecule has 3 heterocycles. The van der Waals surface area contributed by atoms with E-state index in [0.717, 1.165) is 30.6 Å². The maximum Gasteiger partial charge on any atom is 0.262 e. The molecule has 3 aromatic rings. The Morgan fingerprint density at radius 2 is 2.11 bits per heavy atom. The van der Waals surface area contributed by atoms with Gasteiger partial charge in [-0.15, -0.1) is 11.3 Å². The van der Waals surface area contributed by atoms with Gasteiger partial charge >= 0.3 is 0 Å². The van der Waals surface area contributed by atoms with Crippen molar-refractivity contribution in [2.24, 2.45) is 0 Å². The summed E-state index contributed by atoms with van der Waals surface area (Å²) < 4.78 is 1.56. The Labute approximate surface area is 168 Å². The molecule has 4 rings (SSSR count). The number of fused-ring (bicyclic) bond motifs is 1. The van der Waals surface area contributed by atoms with Crippen LogP contribution in [-0.4, -0.2) is 32.9 Å². The van der Waals surface area contributed by atoms with Gasteiger partial charge in [-0.25, -0.2) is 4.98 Å². The van der Waals surface area contributed by atoms with Gasteiger partial charge < -0.3 is 4.90 Å². The Hall–Kier alpha value is -2.47. The van der Waals surface area contributed by atoms with Gasteiger partial charge in [-0.2, -0.15) is 0 Å². The third-order valence-corrected chi connectivity index (χ3v) is 6.59. The molecule has 0 N–H and O–H groups in total. The van der Waals surface area contributed by atoms with E-state index in [-0.39, 0.29) is 17.5 Å². The van der Waals surface area contributed by atoms with Crippen molar-refractivity contribution < 1.29 is 4.79 Å². The van der Waals surface area contributed by atoms with E-state index in [9.17, 15) is 9.59 Å². The summed E-state index contributed by atoms with van der Waals surface area (Å²) in [5, 5.41) is 2.51. The van der Waals surface area contributed by atoms with Crippen LogP contribution in [0.2, 0.25) is 0 Å².